The van der Waals surface area contributed by atoms with Crippen LogP contribution in [0, 0.1) is 5.41 Å². The summed E-state index contributed by atoms with van der Waals surface area (Å²) in [6.07, 6.45) is 2.19. The second-order valence-electron chi connectivity index (χ2n) is 4.92. The second-order valence-corrected chi connectivity index (χ2v) is 7.21. The molecule has 1 aromatic rings. The first-order valence-electron chi connectivity index (χ1n) is 5.80. The molecular weight excluding hydrogens is 302 g/mol. The lowest BCUT2D eigenvalue weighted by Gasteiger charge is -2.21. The smallest absolute Gasteiger partial charge is 0.254 e. The maximum absolute atomic E-state index is 12.3. The number of halogens is 1. The van der Waals surface area contributed by atoms with Crippen LogP contribution in [0.15, 0.2) is 15.2 Å². The Morgan fingerprint density at radius 1 is 1.53 bits per heavy atom. The highest BCUT2D eigenvalue weighted by Gasteiger charge is 2.42. The summed E-state index contributed by atoms with van der Waals surface area (Å²) in [5.74, 6) is 0.163. The van der Waals surface area contributed by atoms with Crippen LogP contribution in [0.1, 0.15) is 23.2 Å². The van der Waals surface area contributed by atoms with E-state index in [0.717, 1.165) is 48.5 Å². The summed E-state index contributed by atoms with van der Waals surface area (Å²) in [4.78, 5) is 14.2. The van der Waals surface area contributed by atoms with E-state index in [-0.39, 0.29) is 11.3 Å². The predicted octanol–water partition coefficient (Wildman–Crippen LogP) is 2.76. The highest BCUT2D eigenvalue weighted by molar-refractivity contribution is 9.11. The number of rotatable bonds is 1. The van der Waals surface area contributed by atoms with Gasteiger partial charge < -0.3 is 9.64 Å². The van der Waals surface area contributed by atoms with Crippen molar-refractivity contribution in [1.82, 2.24) is 4.90 Å². The lowest BCUT2D eigenvalue weighted by molar-refractivity contribution is 0.0766. The molecule has 1 aromatic heterocycles. The molecule has 17 heavy (non-hydrogen) atoms. The minimum absolute atomic E-state index is 0.163. The van der Waals surface area contributed by atoms with Crippen molar-refractivity contribution in [3.8, 4) is 0 Å². The van der Waals surface area contributed by atoms with Crippen LogP contribution in [-0.4, -0.2) is 37.1 Å². The number of nitrogens with zero attached hydrogens (tertiary/aromatic N) is 1. The molecule has 1 atom stereocenters. The van der Waals surface area contributed by atoms with Crippen molar-refractivity contribution in [1.29, 1.82) is 0 Å². The number of carbonyl (C=O) groups excluding carboxylic acids is 1. The molecular formula is C12H14BrNO2S. The highest BCUT2D eigenvalue weighted by Crippen LogP contribution is 2.38. The van der Waals surface area contributed by atoms with Crippen LogP contribution in [0.3, 0.4) is 0 Å². The topological polar surface area (TPSA) is 29.5 Å². The van der Waals surface area contributed by atoms with E-state index in [0.29, 0.717) is 0 Å². The maximum atomic E-state index is 12.3. The minimum Gasteiger partial charge on any atom is -0.381 e. The molecule has 2 aliphatic rings. The van der Waals surface area contributed by atoms with Crippen molar-refractivity contribution in [3.63, 3.8) is 0 Å². The van der Waals surface area contributed by atoms with Gasteiger partial charge in [-0.3, -0.25) is 4.79 Å². The van der Waals surface area contributed by atoms with Crippen LogP contribution in [0.25, 0.3) is 0 Å². The molecule has 0 aromatic carbocycles. The zero-order valence-corrected chi connectivity index (χ0v) is 11.8. The van der Waals surface area contributed by atoms with Crippen LogP contribution in [0.4, 0.5) is 0 Å². The Kier molecular flexibility index (Phi) is 3.00. The van der Waals surface area contributed by atoms with Crippen LogP contribution in [0.2, 0.25) is 0 Å². The largest absolute Gasteiger partial charge is 0.381 e. The predicted molar refractivity (Wildman–Crippen MR) is 70.4 cm³/mol. The van der Waals surface area contributed by atoms with Gasteiger partial charge in [0.05, 0.1) is 16.0 Å². The van der Waals surface area contributed by atoms with Crippen molar-refractivity contribution in [2.75, 3.05) is 26.3 Å². The van der Waals surface area contributed by atoms with Gasteiger partial charge in [0.15, 0.2) is 0 Å². The Balaban J connectivity index is 1.72. The first-order chi connectivity index (χ1) is 8.19. The molecule has 2 saturated heterocycles. The van der Waals surface area contributed by atoms with E-state index >= 15 is 0 Å². The molecule has 2 fully saturated rings. The molecule has 1 spiro atoms. The fourth-order valence-electron chi connectivity index (χ4n) is 2.68. The Labute approximate surface area is 113 Å². The normalized spacial score (nSPS) is 28.2. The Morgan fingerprint density at radius 2 is 2.41 bits per heavy atom. The monoisotopic (exact) mass is 315 g/mol. The molecule has 0 unspecified atom stereocenters. The van der Waals surface area contributed by atoms with Gasteiger partial charge in [0, 0.05) is 30.5 Å². The zero-order valence-electron chi connectivity index (χ0n) is 9.45. The lowest BCUT2D eigenvalue weighted by Crippen LogP contribution is -2.32. The first kappa shape index (κ1) is 11.7. The molecule has 0 bridgehead atoms. The summed E-state index contributed by atoms with van der Waals surface area (Å²) in [6, 6.07) is 1.91. The van der Waals surface area contributed by atoms with Gasteiger partial charge in [-0.1, -0.05) is 0 Å². The van der Waals surface area contributed by atoms with Crippen molar-refractivity contribution < 1.29 is 9.53 Å². The molecule has 3 rings (SSSR count). The molecule has 5 heteroatoms. The summed E-state index contributed by atoms with van der Waals surface area (Å²) in [7, 11) is 0. The molecule has 3 heterocycles. The number of hydrogen-bond acceptors (Lipinski definition) is 3. The van der Waals surface area contributed by atoms with Crippen molar-refractivity contribution in [2.24, 2.45) is 5.41 Å². The van der Waals surface area contributed by atoms with E-state index in [9.17, 15) is 4.79 Å². The van der Waals surface area contributed by atoms with Gasteiger partial charge in [-0.15, -0.1) is 11.3 Å². The SMILES string of the molecule is O=C(c1csc(Br)c1)N1CC[C@@]2(CCOC2)C1. The van der Waals surface area contributed by atoms with E-state index in [1.54, 1.807) is 11.3 Å². The van der Waals surface area contributed by atoms with E-state index in [1.807, 2.05) is 16.3 Å². The summed E-state index contributed by atoms with van der Waals surface area (Å²) in [5.41, 5.74) is 1.06. The van der Waals surface area contributed by atoms with E-state index < -0.39 is 0 Å². The maximum Gasteiger partial charge on any atom is 0.254 e. The van der Waals surface area contributed by atoms with Crippen LogP contribution < -0.4 is 0 Å². The number of hydrogen-bond donors (Lipinski definition) is 0. The summed E-state index contributed by atoms with van der Waals surface area (Å²) < 4.78 is 6.49. The fraction of sp³-hybridized carbons (Fsp3) is 0.583. The molecule has 0 aliphatic carbocycles. The molecule has 0 N–H and O–H groups in total. The van der Waals surface area contributed by atoms with Crippen LogP contribution >= 0.6 is 27.3 Å². The van der Waals surface area contributed by atoms with Gasteiger partial charge in [-0.05, 0) is 34.8 Å². The quantitative estimate of drug-likeness (QED) is 0.797. The second kappa shape index (κ2) is 4.37. The number of ether oxygens (including phenoxy) is 1. The molecule has 3 nitrogen and oxygen atoms in total. The number of amides is 1. The third-order valence-corrected chi connectivity index (χ3v) is 5.23. The lowest BCUT2D eigenvalue weighted by atomic mass is 9.87. The number of thiophene rings is 1. The van der Waals surface area contributed by atoms with Gasteiger partial charge >= 0.3 is 0 Å². The Morgan fingerprint density at radius 3 is 3.06 bits per heavy atom. The molecule has 1 amide bonds. The number of likely N-dealkylation sites (tertiary alicyclic amines) is 1. The standard InChI is InChI=1S/C12H14BrNO2S/c13-10-5-9(6-17-10)11(15)14-3-1-12(7-14)2-4-16-8-12/h5-6H,1-4,7-8H2/t12-/m1/s1. The fourth-order valence-corrected chi connectivity index (χ4v) is 3.82. The Bertz CT molecular complexity index is 439. The minimum atomic E-state index is 0.163. The molecule has 0 radical (unpaired) electrons. The summed E-state index contributed by atoms with van der Waals surface area (Å²) in [5, 5.41) is 1.92. The van der Waals surface area contributed by atoms with E-state index in [1.165, 1.54) is 0 Å². The third-order valence-electron chi connectivity index (χ3n) is 3.72. The van der Waals surface area contributed by atoms with Gasteiger partial charge in [0.25, 0.3) is 5.91 Å². The average molecular weight is 316 g/mol. The van der Waals surface area contributed by atoms with Crippen molar-refractivity contribution in [3.05, 3.63) is 20.8 Å². The molecule has 92 valence electrons. The van der Waals surface area contributed by atoms with Gasteiger partial charge in [0.1, 0.15) is 0 Å². The molecule has 0 saturated carbocycles. The van der Waals surface area contributed by atoms with Crippen LogP contribution in [0.5, 0.6) is 0 Å². The Hall–Kier alpha value is -0.390. The summed E-state index contributed by atoms with van der Waals surface area (Å²) in [6.45, 7) is 3.41. The number of carbonyl (C=O) groups is 1. The van der Waals surface area contributed by atoms with Gasteiger partial charge in [0.2, 0.25) is 0 Å². The van der Waals surface area contributed by atoms with Gasteiger partial charge in [-0.25, -0.2) is 0 Å². The van der Waals surface area contributed by atoms with E-state index in [2.05, 4.69) is 15.9 Å². The van der Waals surface area contributed by atoms with Crippen molar-refractivity contribution >= 4 is 33.2 Å². The third kappa shape index (κ3) is 2.16. The van der Waals surface area contributed by atoms with Crippen LogP contribution in [-0.2, 0) is 4.74 Å². The highest BCUT2D eigenvalue weighted by atomic mass is 79.9. The van der Waals surface area contributed by atoms with E-state index in [4.69, 9.17) is 4.74 Å². The van der Waals surface area contributed by atoms with Crippen molar-refractivity contribution in [2.45, 2.75) is 12.8 Å². The first-order valence-corrected chi connectivity index (χ1v) is 7.47. The zero-order chi connectivity index (χ0) is 11.9. The summed E-state index contributed by atoms with van der Waals surface area (Å²) >= 11 is 4.96. The average Bonchev–Trinajstić information content (AvgIpc) is 3.02. The van der Waals surface area contributed by atoms with Gasteiger partial charge in [-0.2, -0.15) is 0 Å². The molecule has 2 aliphatic heterocycles.